The molecule has 0 aromatic heterocycles. The fourth-order valence-corrected chi connectivity index (χ4v) is 2.32. The van der Waals surface area contributed by atoms with Gasteiger partial charge in [-0.2, -0.15) is 0 Å². The SMILES string of the molecule is CC(=O)c1ccc(OC(C(=O)NC2CC2)c2ccc(F)cc2)cc1. The minimum atomic E-state index is -0.866. The van der Waals surface area contributed by atoms with Gasteiger partial charge < -0.3 is 10.1 Å². The van der Waals surface area contributed by atoms with Crippen molar-refractivity contribution in [2.75, 3.05) is 0 Å². The second-order valence-electron chi connectivity index (χ2n) is 5.91. The van der Waals surface area contributed by atoms with Gasteiger partial charge >= 0.3 is 0 Å². The van der Waals surface area contributed by atoms with Gasteiger partial charge in [0, 0.05) is 17.2 Å². The summed E-state index contributed by atoms with van der Waals surface area (Å²) in [6.07, 6.45) is 1.07. The third-order valence-electron chi connectivity index (χ3n) is 3.85. The number of hydrogen-bond donors (Lipinski definition) is 1. The molecule has 1 fully saturated rings. The standard InChI is InChI=1S/C19H18FNO3/c1-12(22)13-4-10-17(11-5-13)24-18(19(23)21-16-8-9-16)14-2-6-15(20)7-3-14/h2-7,10-11,16,18H,8-9H2,1H3,(H,21,23). The second-order valence-corrected chi connectivity index (χ2v) is 5.91. The van der Waals surface area contributed by atoms with Crippen LogP contribution in [0.1, 0.15) is 41.8 Å². The number of ether oxygens (including phenoxy) is 1. The summed E-state index contributed by atoms with van der Waals surface area (Å²) in [6, 6.07) is 12.5. The number of hydrogen-bond acceptors (Lipinski definition) is 3. The molecule has 1 unspecified atom stereocenters. The number of halogens is 1. The van der Waals surface area contributed by atoms with Crippen molar-refractivity contribution in [2.45, 2.75) is 31.9 Å². The van der Waals surface area contributed by atoms with E-state index in [0.29, 0.717) is 16.9 Å². The van der Waals surface area contributed by atoms with Crippen molar-refractivity contribution >= 4 is 11.7 Å². The molecule has 2 aromatic carbocycles. The smallest absolute Gasteiger partial charge is 0.266 e. The lowest BCUT2D eigenvalue weighted by Gasteiger charge is -2.19. The maximum atomic E-state index is 13.1. The van der Waals surface area contributed by atoms with Gasteiger partial charge in [-0.25, -0.2) is 4.39 Å². The molecule has 0 spiro atoms. The molecule has 1 amide bonds. The van der Waals surface area contributed by atoms with Crippen molar-refractivity contribution in [3.05, 3.63) is 65.5 Å². The molecule has 24 heavy (non-hydrogen) atoms. The third-order valence-corrected chi connectivity index (χ3v) is 3.85. The van der Waals surface area contributed by atoms with Crippen LogP contribution in [0.2, 0.25) is 0 Å². The molecule has 0 radical (unpaired) electrons. The lowest BCUT2D eigenvalue weighted by atomic mass is 10.1. The van der Waals surface area contributed by atoms with Crippen molar-refractivity contribution in [1.29, 1.82) is 0 Å². The molecule has 2 aromatic rings. The number of rotatable bonds is 6. The van der Waals surface area contributed by atoms with Crippen LogP contribution in [-0.2, 0) is 4.79 Å². The Bertz CT molecular complexity index is 736. The normalized spacial score (nSPS) is 14.8. The Morgan fingerprint density at radius 2 is 1.71 bits per heavy atom. The highest BCUT2D eigenvalue weighted by molar-refractivity contribution is 5.94. The Morgan fingerprint density at radius 3 is 2.25 bits per heavy atom. The fraction of sp³-hybridized carbons (Fsp3) is 0.263. The molecule has 1 N–H and O–H groups in total. The van der Waals surface area contributed by atoms with Crippen LogP contribution >= 0.6 is 0 Å². The van der Waals surface area contributed by atoms with Crippen molar-refractivity contribution in [1.82, 2.24) is 5.32 Å². The van der Waals surface area contributed by atoms with E-state index in [9.17, 15) is 14.0 Å². The number of Topliss-reactive ketones (excluding diaryl/α,β-unsaturated/α-hetero) is 1. The summed E-state index contributed by atoms with van der Waals surface area (Å²) in [6.45, 7) is 1.49. The molecule has 1 atom stereocenters. The van der Waals surface area contributed by atoms with Crippen molar-refractivity contribution in [3.8, 4) is 5.75 Å². The first-order valence-corrected chi connectivity index (χ1v) is 7.86. The minimum absolute atomic E-state index is 0.0388. The van der Waals surface area contributed by atoms with E-state index in [-0.39, 0.29) is 23.5 Å². The second kappa shape index (κ2) is 6.83. The first-order valence-electron chi connectivity index (χ1n) is 7.86. The van der Waals surface area contributed by atoms with Crippen LogP contribution in [0.4, 0.5) is 4.39 Å². The lowest BCUT2D eigenvalue weighted by molar-refractivity contribution is -0.128. The summed E-state index contributed by atoms with van der Waals surface area (Å²) in [4.78, 5) is 23.8. The van der Waals surface area contributed by atoms with E-state index in [1.54, 1.807) is 24.3 Å². The van der Waals surface area contributed by atoms with Crippen LogP contribution in [0, 0.1) is 5.82 Å². The lowest BCUT2D eigenvalue weighted by Crippen LogP contribution is -2.33. The van der Waals surface area contributed by atoms with Crippen molar-refractivity contribution in [2.24, 2.45) is 0 Å². The highest BCUT2D eigenvalue weighted by Gasteiger charge is 2.29. The maximum absolute atomic E-state index is 13.1. The molecule has 0 aliphatic heterocycles. The molecule has 0 saturated heterocycles. The molecule has 5 heteroatoms. The van der Waals surface area contributed by atoms with Gasteiger partial charge in [0.05, 0.1) is 0 Å². The van der Waals surface area contributed by atoms with Crippen molar-refractivity contribution < 1.29 is 18.7 Å². The van der Waals surface area contributed by atoms with Gasteiger partial charge in [0.1, 0.15) is 11.6 Å². The fourth-order valence-electron chi connectivity index (χ4n) is 2.32. The van der Waals surface area contributed by atoms with Crippen LogP contribution in [0.3, 0.4) is 0 Å². The number of benzene rings is 2. The molecule has 0 heterocycles. The first kappa shape index (κ1) is 16.2. The molecule has 3 rings (SSSR count). The van der Waals surface area contributed by atoms with Crippen LogP contribution in [0.15, 0.2) is 48.5 Å². The van der Waals surface area contributed by atoms with Gasteiger partial charge in [-0.05, 0) is 56.2 Å². The monoisotopic (exact) mass is 327 g/mol. The van der Waals surface area contributed by atoms with E-state index in [4.69, 9.17) is 4.74 Å². The molecular formula is C19H18FNO3. The Morgan fingerprint density at radius 1 is 1.08 bits per heavy atom. The van der Waals surface area contributed by atoms with Gasteiger partial charge in [0.2, 0.25) is 6.10 Å². The number of carbonyl (C=O) groups excluding carboxylic acids is 2. The van der Waals surface area contributed by atoms with Crippen molar-refractivity contribution in [3.63, 3.8) is 0 Å². The summed E-state index contributed by atoms with van der Waals surface area (Å²) in [5.41, 5.74) is 1.15. The Labute approximate surface area is 139 Å². The topological polar surface area (TPSA) is 55.4 Å². The van der Waals surface area contributed by atoms with Gasteiger partial charge in [0.15, 0.2) is 5.78 Å². The number of ketones is 1. The van der Waals surface area contributed by atoms with E-state index in [1.807, 2.05) is 0 Å². The highest BCUT2D eigenvalue weighted by Crippen LogP contribution is 2.26. The third kappa shape index (κ3) is 3.98. The summed E-state index contributed by atoms with van der Waals surface area (Å²) in [7, 11) is 0. The van der Waals surface area contributed by atoms with E-state index < -0.39 is 6.10 Å². The predicted molar refractivity (Wildman–Crippen MR) is 87.4 cm³/mol. The average Bonchev–Trinajstić information content (AvgIpc) is 3.38. The zero-order chi connectivity index (χ0) is 17.1. The van der Waals surface area contributed by atoms with Crippen LogP contribution in [0.5, 0.6) is 5.75 Å². The molecule has 1 saturated carbocycles. The van der Waals surface area contributed by atoms with Gasteiger partial charge in [0.25, 0.3) is 5.91 Å². The molecule has 0 bridgehead atoms. The Kier molecular flexibility index (Phi) is 4.60. The maximum Gasteiger partial charge on any atom is 0.266 e. The summed E-state index contributed by atoms with van der Waals surface area (Å²) < 4.78 is 19.0. The van der Waals surface area contributed by atoms with Gasteiger partial charge in [-0.15, -0.1) is 0 Å². The summed E-state index contributed by atoms with van der Waals surface area (Å²) in [5.74, 6) is -0.186. The zero-order valence-corrected chi connectivity index (χ0v) is 13.3. The molecule has 124 valence electrons. The molecule has 1 aliphatic carbocycles. The Balaban J connectivity index is 1.81. The predicted octanol–water partition coefficient (Wildman–Crippen LogP) is 3.43. The number of nitrogens with one attached hydrogen (secondary N) is 1. The average molecular weight is 327 g/mol. The largest absolute Gasteiger partial charge is 0.476 e. The highest BCUT2D eigenvalue weighted by atomic mass is 19.1. The number of amides is 1. The van der Waals surface area contributed by atoms with E-state index in [2.05, 4.69) is 5.32 Å². The molecule has 1 aliphatic rings. The van der Waals surface area contributed by atoms with Crippen LogP contribution < -0.4 is 10.1 Å². The van der Waals surface area contributed by atoms with E-state index >= 15 is 0 Å². The molecule has 4 nitrogen and oxygen atoms in total. The van der Waals surface area contributed by atoms with Crippen LogP contribution in [-0.4, -0.2) is 17.7 Å². The number of carbonyl (C=O) groups is 2. The first-order chi connectivity index (χ1) is 11.5. The minimum Gasteiger partial charge on any atom is -0.476 e. The summed E-state index contributed by atoms with van der Waals surface area (Å²) >= 11 is 0. The Hall–Kier alpha value is -2.69. The van der Waals surface area contributed by atoms with E-state index in [0.717, 1.165) is 12.8 Å². The van der Waals surface area contributed by atoms with Gasteiger partial charge in [-0.3, -0.25) is 9.59 Å². The molecular weight excluding hydrogens is 309 g/mol. The van der Waals surface area contributed by atoms with E-state index in [1.165, 1.54) is 31.2 Å². The van der Waals surface area contributed by atoms with Crippen LogP contribution in [0.25, 0.3) is 0 Å². The van der Waals surface area contributed by atoms with Gasteiger partial charge in [-0.1, -0.05) is 12.1 Å². The summed E-state index contributed by atoms with van der Waals surface area (Å²) in [5, 5.41) is 2.91. The zero-order valence-electron chi connectivity index (χ0n) is 13.3. The quantitative estimate of drug-likeness (QED) is 0.827.